The maximum atomic E-state index is 14.4. The second kappa shape index (κ2) is 10.1. The topological polar surface area (TPSA) is 60.2 Å². The number of aromatic nitrogens is 2. The average molecular weight is 549 g/mol. The summed E-state index contributed by atoms with van der Waals surface area (Å²) < 4.78 is 34.0. The zero-order chi connectivity index (χ0) is 25.4. The van der Waals surface area contributed by atoms with Gasteiger partial charge in [-0.25, -0.2) is 13.8 Å². The molecule has 1 aliphatic carbocycles. The van der Waals surface area contributed by atoms with Crippen molar-refractivity contribution in [3.8, 4) is 0 Å². The maximum absolute atomic E-state index is 14.4. The first kappa shape index (κ1) is 25.2. The highest BCUT2D eigenvalue weighted by atomic mass is 35.5. The first-order chi connectivity index (χ1) is 17.3. The number of hydrogen-bond acceptors (Lipinski definition) is 6. The van der Waals surface area contributed by atoms with Gasteiger partial charge in [0.2, 0.25) is 0 Å². The van der Waals surface area contributed by atoms with E-state index in [0.29, 0.717) is 42.0 Å². The minimum atomic E-state index is -0.468. The molecular formula is C25H27ClF2N6S2. The molecule has 1 spiro atoms. The number of halogens is 3. The van der Waals surface area contributed by atoms with E-state index in [9.17, 15) is 8.78 Å². The van der Waals surface area contributed by atoms with Crippen molar-refractivity contribution in [2.24, 2.45) is 0 Å². The SMILES string of the molecule is CC(C)Sn1ccc(SNc2cc(F)cc(Cl)c2C(=N)N2CCN(c3ncccc3F)CC23CC3)c1. The summed E-state index contributed by atoms with van der Waals surface area (Å²) in [5.74, 6) is -0.225. The molecule has 1 aliphatic heterocycles. The molecule has 2 N–H and O–H groups in total. The quantitative estimate of drug-likeness (QED) is 0.199. The van der Waals surface area contributed by atoms with Crippen LogP contribution in [0.5, 0.6) is 0 Å². The van der Waals surface area contributed by atoms with Crippen LogP contribution in [0, 0.1) is 17.0 Å². The largest absolute Gasteiger partial charge is 0.350 e. The molecule has 0 amide bonds. The van der Waals surface area contributed by atoms with Crippen LogP contribution in [-0.2, 0) is 0 Å². The number of amidine groups is 1. The highest BCUT2D eigenvalue weighted by Gasteiger charge is 2.53. The van der Waals surface area contributed by atoms with Crippen molar-refractivity contribution in [1.82, 2.24) is 13.9 Å². The molecule has 0 atom stereocenters. The van der Waals surface area contributed by atoms with Gasteiger partial charge in [0.1, 0.15) is 11.7 Å². The van der Waals surface area contributed by atoms with Crippen LogP contribution in [-0.4, -0.2) is 50.1 Å². The molecule has 6 nitrogen and oxygen atoms in total. The second-order valence-electron chi connectivity index (χ2n) is 9.33. The Hall–Kier alpha value is -2.43. The van der Waals surface area contributed by atoms with Gasteiger partial charge in [0.05, 0.1) is 21.8 Å². The number of rotatable bonds is 7. The van der Waals surface area contributed by atoms with Gasteiger partial charge in [-0.15, -0.1) is 0 Å². The fraction of sp³-hybridized carbons (Fsp3) is 0.360. The minimum absolute atomic E-state index is 0.185. The molecule has 3 heterocycles. The Morgan fingerprint density at radius 2 is 2.03 bits per heavy atom. The molecule has 1 aromatic carbocycles. The molecule has 36 heavy (non-hydrogen) atoms. The van der Waals surface area contributed by atoms with Crippen molar-refractivity contribution < 1.29 is 8.78 Å². The number of nitrogens with zero attached hydrogens (tertiary/aromatic N) is 4. The van der Waals surface area contributed by atoms with E-state index in [1.165, 1.54) is 30.1 Å². The summed E-state index contributed by atoms with van der Waals surface area (Å²) in [6, 6.07) is 7.60. The van der Waals surface area contributed by atoms with Crippen LogP contribution in [0.15, 0.2) is 53.8 Å². The normalized spacial score (nSPS) is 16.6. The van der Waals surface area contributed by atoms with E-state index < -0.39 is 5.82 Å². The lowest BCUT2D eigenvalue weighted by Crippen LogP contribution is -2.57. The highest BCUT2D eigenvalue weighted by Crippen LogP contribution is 2.46. The maximum Gasteiger partial charge on any atom is 0.165 e. The van der Waals surface area contributed by atoms with E-state index in [0.717, 1.165) is 17.7 Å². The summed E-state index contributed by atoms with van der Waals surface area (Å²) in [5.41, 5.74) is 0.630. The molecular weight excluding hydrogens is 522 g/mol. The van der Waals surface area contributed by atoms with Gasteiger partial charge in [-0.05, 0) is 67.1 Å². The Kier molecular flexibility index (Phi) is 7.11. The summed E-state index contributed by atoms with van der Waals surface area (Å²) in [7, 11) is 0. The smallest absolute Gasteiger partial charge is 0.165 e. The molecule has 11 heteroatoms. The standard InChI is InChI=1S/C25H27ClF2N6S2/c1-16(2)36-33-9-5-18(14-33)35-31-21-13-17(27)12-19(26)22(21)23(29)34-11-10-32(15-25(34)6-7-25)24-20(28)4-3-8-30-24/h3-5,8-9,12-14,16,29,31H,6-7,10-11,15H2,1-2H3. The molecule has 190 valence electrons. The Morgan fingerprint density at radius 1 is 1.22 bits per heavy atom. The fourth-order valence-electron chi connectivity index (χ4n) is 4.56. The summed E-state index contributed by atoms with van der Waals surface area (Å²) >= 11 is 9.57. The Labute approximate surface area is 223 Å². The molecule has 0 bridgehead atoms. The Balaban J connectivity index is 1.36. The van der Waals surface area contributed by atoms with Crippen molar-refractivity contribution in [1.29, 1.82) is 5.41 Å². The first-order valence-corrected chi connectivity index (χ1v) is 13.8. The van der Waals surface area contributed by atoms with E-state index in [1.807, 2.05) is 32.2 Å². The van der Waals surface area contributed by atoms with Crippen LogP contribution >= 0.6 is 35.5 Å². The predicted octanol–water partition coefficient (Wildman–Crippen LogP) is 6.52. The molecule has 5 rings (SSSR count). The summed E-state index contributed by atoms with van der Waals surface area (Å²) in [6.07, 6.45) is 7.35. The predicted molar refractivity (Wildman–Crippen MR) is 145 cm³/mol. The highest BCUT2D eigenvalue weighted by molar-refractivity contribution is 8.00. The number of nitrogens with one attached hydrogen (secondary N) is 2. The lowest BCUT2D eigenvalue weighted by Gasteiger charge is -2.44. The van der Waals surface area contributed by atoms with Crippen molar-refractivity contribution in [3.63, 3.8) is 0 Å². The van der Waals surface area contributed by atoms with Crippen molar-refractivity contribution in [3.05, 3.63) is 71.1 Å². The van der Waals surface area contributed by atoms with E-state index in [4.69, 9.17) is 17.0 Å². The van der Waals surface area contributed by atoms with Crippen LogP contribution in [0.25, 0.3) is 0 Å². The lowest BCUT2D eigenvalue weighted by atomic mass is 10.1. The number of hydrogen-bond donors (Lipinski definition) is 2. The molecule has 3 aromatic rings. The molecule has 2 aliphatic rings. The average Bonchev–Trinajstić information content (AvgIpc) is 3.43. The molecule has 1 saturated carbocycles. The van der Waals surface area contributed by atoms with Gasteiger partial charge >= 0.3 is 0 Å². The fourth-order valence-corrected chi connectivity index (χ4v) is 6.40. The monoisotopic (exact) mass is 548 g/mol. The van der Waals surface area contributed by atoms with Crippen LogP contribution < -0.4 is 9.62 Å². The minimum Gasteiger partial charge on any atom is -0.350 e. The van der Waals surface area contributed by atoms with E-state index in [2.05, 4.69) is 23.6 Å². The van der Waals surface area contributed by atoms with Gasteiger partial charge in [-0.2, -0.15) is 0 Å². The van der Waals surface area contributed by atoms with Crippen LogP contribution in [0.1, 0.15) is 32.3 Å². The van der Waals surface area contributed by atoms with Gasteiger partial charge in [0.15, 0.2) is 11.6 Å². The molecule has 0 unspecified atom stereocenters. The van der Waals surface area contributed by atoms with Crippen molar-refractivity contribution in [2.45, 2.75) is 42.4 Å². The number of pyridine rings is 1. The van der Waals surface area contributed by atoms with Gasteiger partial charge < -0.3 is 14.5 Å². The van der Waals surface area contributed by atoms with E-state index >= 15 is 0 Å². The van der Waals surface area contributed by atoms with Gasteiger partial charge in [0, 0.05) is 48.4 Å². The van der Waals surface area contributed by atoms with Crippen LogP contribution in [0.2, 0.25) is 5.02 Å². The number of anilines is 2. The third-order valence-corrected chi connectivity index (χ3v) is 8.32. The third-order valence-electron chi connectivity index (χ3n) is 6.33. The zero-order valence-electron chi connectivity index (χ0n) is 20.0. The van der Waals surface area contributed by atoms with Crippen molar-refractivity contribution in [2.75, 3.05) is 29.3 Å². The van der Waals surface area contributed by atoms with Crippen LogP contribution in [0.4, 0.5) is 20.3 Å². The lowest BCUT2D eigenvalue weighted by molar-refractivity contribution is 0.257. The van der Waals surface area contributed by atoms with Gasteiger partial charge in [0.25, 0.3) is 0 Å². The van der Waals surface area contributed by atoms with E-state index in [1.54, 1.807) is 24.2 Å². The number of benzene rings is 1. The third kappa shape index (κ3) is 5.17. The summed E-state index contributed by atoms with van der Waals surface area (Å²) in [4.78, 5) is 9.18. The first-order valence-electron chi connectivity index (χ1n) is 11.7. The van der Waals surface area contributed by atoms with E-state index in [-0.39, 0.29) is 22.2 Å². The van der Waals surface area contributed by atoms with Gasteiger partial charge in [-0.1, -0.05) is 25.4 Å². The number of piperazine rings is 1. The summed E-state index contributed by atoms with van der Waals surface area (Å²) in [6.45, 7) is 5.86. The molecule has 2 fully saturated rings. The Bertz CT molecular complexity index is 1280. The summed E-state index contributed by atoms with van der Waals surface area (Å²) in [5, 5.41) is 9.73. The molecule has 2 aromatic heterocycles. The van der Waals surface area contributed by atoms with Crippen molar-refractivity contribution >= 4 is 52.8 Å². The van der Waals surface area contributed by atoms with Crippen LogP contribution in [0.3, 0.4) is 0 Å². The molecule has 0 radical (unpaired) electrons. The molecule has 1 saturated heterocycles. The zero-order valence-corrected chi connectivity index (χ0v) is 22.4. The Morgan fingerprint density at radius 3 is 2.75 bits per heavy atom. The van der Waals surface area contributed by atoms with Gasteiger partial charge in [-0.3, -0.25) is 9.38 Å². The second-order valence-corrected chi connectivity index (χ2v) is 12.2.